The Morgan fingerprint density at radius 3 is 1.88 bits per heavy atom. The molecular formula is C45H86N2O5. The molecule has 0 aromatic rings. The summed E-state index contributed by atoms with van der Waals surface area (Å²) in [4.78, 5) is 43.3. The molecule has 0 N–H and O–H groups in total. The highest BCUT2D eigenvalue weighted by molar-refractivity contribution is 5.76. The molecule has 4 atom stereocenters. The molecule has 1 saturated heterocycles. The minimum Gasteiger partial charge on any atom is -0.466 e. The van der Waals surface area contributed by atoms with Gasteiger partial charge in [-0.15, -0.1) is 0 Å². The predicted octanol–water partition coefficient (Wildman–Crippen LogP) is 11.3. The molecule has 0 aromatic carbocycles. The van der Waals surface area contributed by atoms with E-state index in [4.69, 9.17) is 9.47 Å². The van der Waals surface area contributed by atoms with E-state index in [1.54, 1.807) is 0 Å². The van der Waals surface area contributed by atoms with Crippen molar-refractivity contribution in [3.8, 4) is 0 Å². The van der Waals surface area contributed by atoms with Gasteiger partial charge in [-0.1, -0.05) is 99.8 Å². The molecule has 0 bridgehead atoms. The maximum absolute atomic E-state index is 13.4. The van der Waals surface area contributed by atoms with Crippen molar-refractivity contribution in [3.63, 3.8) is 0 Å². The summed E-state index contributed by atoms with van der Waals surface area (Å²) < 4.78 is 12.2. The smallest absolute Gasteiger partial charge is 0.306 e. The van der Waals surface area contributed by atoms with Crippen molar-refractivity contribution in [2.24, 2.45) is 35.5 Å². The Labute approximate surface area is 322 Å². The van der Waals surface area contributed by atoms with Gasteiger partial charge in [-0.3, -0.25) is 14.4 Å². The third-order valence-electron chi connectivity index (χ3n) is 11.6. The van der Waals surface area contributed by atoms with Crippen LogP contribution in [0.25, 0.3) is 0 Å². The average molecular weight is 735 g/mol. The number of rotatable bonds is 14. The first-order valence-electron chi connectivity index (χ1n) is 22.1. The molecule has 1 amide bonds. The van der Waals surface area contributed by atoms with E-state index in [9.17, 15) is 14.4 Å². The number of cyclic esters (lactones) is 2. The Balaban J connectivity index is 3.00. The second-order valence-electron chi connectivity index (χ2n) is 17.9. The molecule has 306 valence electrons. The molecule has 4 unspecified atom stereocenters. The lowest BCUT2D eigenvalue weighted by Crippen LogP contribution is -2.33. The van der Waals surface area contributed by atoms with Crippen molar-refractivity contribution in [2.45, 2.75) is 196 Å². The van der Waals surface area contributed by atoms with Crippen molar-refractivity contribution >= 4 is 17.8 Å². The molecule has 0 aliphatic carbocycles. The third-order valence-corrected chi connectivity index (χ3v) is 11.6. The highest BCUT2D eigenvalue weighted by atomic mass is 16.5. The highest BCUT2D eigenvalue weighted by Crippen LogP contribution is 2.34. The van der Waals surface area contributed by atoms with E-state index in [-0.39, 0.29) is 29.9 Å². The number of hydrogen-bond donors (Lipinski definition) is 0. The maximum atomic E-state index is 13.4. The zero-order valence-corrected chi connectivity index (χ0v) is 35.9. The van der Waals surface area contributed by atoms with Crippen molar-refractivity contribution in [3.05, 3.63) is 0 Å². The number of amides is 1. The Hall–Kier alpha value is -1.63. The van der Waals surface area contributed by atoms with Crippen molar-refractivity contribution in [2.75, 3.05) is 40.3 Å². The van der Waals surface area contributed by atoms with Crippen LogP contribution in [-0.2, 0) is 23.9 Å². The molecule has 0 radical (unpaired) electrons. The number of carbonyl (C=O) groups is 3. The number of esters is 2. The lowest BCUT2D eigenvalue weighted by atomic mass is 9.78. The molecule has 7 heteroatoms. The number of hydrogen-bond acceptors (Lipinski definition) is 6. The van der Waals surface area contributed by atoms with Crippen LogP contribution in [0.2, 0.25) is 0 Å². The normalized spacial score (nSPS) is 22.9. The van der Waals surface area contributed by atoms with Gasteiger partial charge in [0.05, 0.1) is 6.61 Å². The van der Waals surface area contributed by atoms with Crippen LogP contribution in [0.4, 0.5) is 0 Å². The molecular weight excluding hydrogens is 649 g/mol. The fourth-order valence-electron chi connectivity index (χ4n) is 7.79. The predicted molar refractivity (Wildman–Crippen MR) is 218 cm³/mol. The summed E-state index contributed by atoms with van der Waals surface area (Å²) in [7, 11) is 4.11. The molecule has 1 heterocycles. The van der Waals surface area contributed by atoms with Crippen LogP contribution < -0.4 is 0 Å². The summed E-state index contributed by atoms with van der Waals surface area (Å²) in [5.74, 6) is 3.42. The van der Waals surface area contributed by atoms with Gasteiger partial charge in [0.25, 0.3) is 0 Å². The van der Waals surface area contributed by atoms with Gasteiger partial charge in [-0.25, -0.2) is 0 Å². The summed E-state index contributed by atoms with van der Waals surface area (Å²) in [6.45, 7) is 19.2. The highest BCUT2D eigenvalue weighted by Gasteiger charge is 2.30. The summed E-state index contributed by atoms with van der Waals surface area (Å²) in [5, 5.41) is 0. The van der Waals surface area contributed by atoms with Crippen LogP contribution in [0.3, 0.4) is 0 Å². The molecule has 1 aliphatic rings. The van der Waals surface area contributed by atoms with E-state index in [2.05, 4.69) is 72.4 Å². The van der Waals surface area contributed by atoms with Crippen LogP contribution in [-0.4, -0.2) is 74.1 Å². The van der Waals surface area contributed by atoms with Gasteiger partial charge in [-0.05, 0) is 127 Å². The lowest BCUT2D eigenvalue weighted by molar-refractivity contribution is -0.154. The minimum absolute atomic E-state index is 0.0447. The quantitative estimate of drug-likeness (QED) is 0.165. The minimum atomic E-state index is -0.0836. The molecule has 52 heavy (non-hydrogen) atoms. The van der Waals surface area contributed by atoms with E-state index < -0.39 is 0 Å². The molecule has 1 aliphatic heterocycles. The van der Waals surface area contributed by atoms with Crippen molar-refractivity contribution in [1.82, 2.24) is 9.80 Å². The number of ether oxygens (including phenoxy) is 2. The standard InChI is InChI=1S/C45H86N2O5/c1-36(2)26-28-40(38(5)6)30-31-42-39(7)41(29-27-37(3)4)22-21-35-51-44(49)24-16-12-10-14-18-33-47(43(48)23-20-32-46(8)9)34-19-15-11-13-17-25-45(50)52-42/h36-42H,10-35H2,1-9H3. The lowest BCUT2D eigenvalue weighted by Gasteiger charge is -2.33. The van der Waals surface area contributed by atoms with E-state index >= 15 is 0 Å². The van der Waals surface area contributed by atoms with Crippen LogP contribution in [0.5, 0.6) is 0 Å². The molecule has 0 aromatic heterocycles. The number of carbonyl (C=O) groups excluding carboxylic acids is 3. The zero-order valence-electron chi connectivity index (χ0n) is 35.9. The number of nitrogens with zero attached hydrogens (tertiary/aromatic N) is 2. The molecule has 1 fully saturated rings. The van der Waals surface area contributed by atoms with Gasteiger partial charge in [-0.2, -0.15) is 0 Å². The second kappa shape index (κ2) is 29.7. The Kier molecular flexibility index (Phi) is 27.6. The molecule has 0 spiro atoms. The van der Waals surface area contributed by atoms with E-state index in [0.717, 1.165) is 129 Å². The molecule has 7 nitrogen and oxygen atoms in total. The zero-order chi connectivity index (χ0) is 38.7. The first kappa shape index (κ1) is 48.4. The first-order valence-corrected chi connectivity index (χ1v) is 22.1. The third kappa shape index (κ3) is 24.6. The fourth-order valence-corrected chi connectivity index (χ4v) is 7.79. The second-order valence-corrected chi connectivity index (χ2v) is 17.9. The van der Waals surface area contributed by atoms with Crippen LogP contribution >= 0.6 is 0 Å². The molecule has 1 rings (SSSR count). The van der Waals surface area contributed by atoms with E-state index in [1.807, 2.05) is 0 Å². The van der Waals surface area contributed by atoms with Gasteiger partial charge < -0.3 is 19.3 Å². The van der Waals surface area contributed by atoms with E-state index in [1.165, 1.54) is 12.8 Å². The van der Waals surface area contributed by atoms with Gasteiger partial charge in [0.2, 0.25) is 5.91 Å². The van der Waals surface area contributed by atoms with Gasteiger partial charge >= 0.3 is 11.9 Å². The summed E-state index contributed by atoms with van der Waals surface area (Å²) >= 11 is 0. The van der Waals surface area contributed by atoms with Gasteiger partial charge in [0.1, 0.15) is 6.10 Å². The van der Waals surface area contributed by atoms with Gasteiger partial charge in [0.15, 0.2) is 0 Å². The van der Waals surface area contributed by atoms with E-state index in [0.29, 0.717) is 55.5 Å². The monoisotopic (exact) mass is 735 g/mol. The Bertz CT molecular complexity index is 919. The van der Waals surface area contributed by atoms with Crippen LogP contribution in [0.1, 0.15) is 190 Å². The summed E-state index contributed by atoms with van der Waals surface area (Å²) in [6, 6.07) is 0. The van der Waals surface area contributed by atoms with Crippen LogP contribution in [0, 0.1) is 35.5 Å². The van der Waals surface area contributed by atoms with Crippen molar-refractivity contribution in [1.29, 1.82) is 0 Å². The first-order chi connectivity index (χ1) is 24.8. The maximum Gasteiger partial charge on any atom is 0.306 e. The summed E-state index contributed by atoms with van der Waals surface area (Å²) in [6.07, 6.45) is 21.1. The molecule has 0 saturated carbocycles. The largest absolute Gasteiger partial charge is 0.466 e. The van der Waals surface area contributed by atoms with Crippen molar-refractivity contribution < 1.29 is 23.9 Å². The van der Waals surface area contributed by atoms with Crippen LogP contribution in [0.15, 0.2) is 0 Å². The Morgan fingerprint density at radius 1 is 0.731 bits per heavy atom. The fraction of sp³-hybridized carbons (Fsp3) is 0.933. The topological polar surface area (TPSA) is 76.2 Å². The Morgan fingerprint density at radius 2 is 1.31 bits per heavy atom. The average Bonchev–Trinajstić information content (AvgIpc) is 3.07. The van der Waals surface area contributed by atoms with Gasteiger partial charge in [0, 0.05) is 32.4 Å². The summed E-state index contributed by atoms with van der Waals surface area (Å²) in [5.41, 5.74) is 0. The SMILES string of the molecule is CC(C)CCC(CCC1OC(=O)CCCCCCCN(C(=O)CCCN(C)C)CCCCCCCC(=O)OCCCC(CCC(C)C)C1C)C(C)C.